The zero-order valence-electron chi connectivity index (χ0n) is 23.9. The summed E-state index contributed by atoms with van der Waals surface area (Å²) in [5.41, 5.74) is 6.53. The molecule has 3 amide bonds. The molecular weight excluding hydrogens is 524 g/mol. The van der Waals surface area contributed by atoms with Gasteiger partial charge in [0.25, 0.3) is 11.8 Å². The first-order chi connectivity index (χ1) is 19.9. The van der Waals surface area contributed by atoms with E-state index < -0.39 is 6.04 Å². The summed E-state index contributed by atoms with van der Waals surface area (Å²) in [6, 6.07) is 4.08. The van der Waals surface area contributed by atoms with Crippen LogP contribution < -0.4 is 11.1 Å². The highest BCUT2D eigenvalue weighted by Gasteiger charge is 2.41. The third kappa shape index (κ3) is 7.13. The molecular formula is C30H42N6O5. The molecule has 3 atom stereocenters. The summed E-state index contributed by atoms with van der Waals surface area (Å²) in [6.45, 7) is 4.45. The van der Waals surface area contributed by atoms with E-state index >= 15 is 0 Å². The number of nitrogens with zero attached hydrogens (tertiary/aromatic N) is 4. The van der Waals surface area contributed by atoms with Crippen LogP contribution in [0.3, 0.4) is 0 Å². The maximum Gasteiger partial charge on any atom is 0.276 e. The monoisotopic (exact) mass is 566 g/mol. The van der Waals surface area contributed by atoms with Crippen molar-refractivity contribution in [2.24, 2.45) is 17.6 Å². The Balaban J connectivity index is 1.34. The van der Waals surface area contributed by atoms with E-state index in [1.807, 2.05) is 0 Å². The molecule has 2 aromatic heterocycles. The van der Waals surface area contributed by atoms with E-state index in [-0.39, 0.29) is 35.6 Å². The van der Waals surface area contributed by atoms with Gasteiger partial charge in [0.05, 0.1) is 11.7 Å². The fourth-order valence-corrected chi connectivity index (χ4v) is 6.43. The molecule has 2 aliphatic heterocycles. The molecule has 3 aliphatic rings. The number of carbonyl (C=O) groups is 3. The van der Waals surface area contributed by atoms with Crippen molar-refractivity contribution in [3.8, 4) is 0 Å². The second-order valence-corrected chi connectivity index (χ2v) is 11.7. The first kappa shape index (κ1) is 29.2. The molecule has 2 saturated heterocycles. The summed E-state index contributed by atoms with van der Waals surface area (Å²) in [5.74, 6) is 0.857. The molecule has 41 heavy (non-hydrogen) atoms. The molecule has 11 heteroatoms. The molecule has 222 valence electrons. The van der Waals surface area contributed by atoms with Crippen LogP contribution in [-0.4, -0.2) is 88.6 Å². The number of pyridine rings is 1. The van der Waals surface area contributed by atoms with Crippen LogP contribution in [0, 0.1) is 18.8 Å². The standard InChI is InChI=1S/C30H42N6O5/c1-20-14-26(34-41-20)30(39)36(19-25-5-3-13-40-25)24-10-12-35(29(38)23-4-2-11-32-18-23)27(15-24)28(37)33-17-22-8-6-21(16-31)7-9-22/h2,4,11,14,18,21-22,24-25,27H,3,5-10,12-13,15-17,19,31H2,1H3,(H,33,37)/t21?,22?,24?,25?,27-/m1/s1. The molecule has 11 nitrogen and oxygen atoms in total. The maximum absolute atomic E-state index is 13.8. The van der Waals surface area contributed by atoms with Gasteiger partial charge in [0, 0.05) is 50.7 Å². The molecule has 0 aromatic carbocycles. The topological polar surface area (TPSA) is 144 Å². The normalized spacial score (nSPS) is 26.5. The number of amides is 3. The molecule has 2 unspecified atom stereocenters. The number of ether oxygens (including phenoxy) is 1. The van der Waals surface area contributed by atoms with E-state index in [1.165, 1.54) is 6.20 Å². The highest BCUT2D eigenvalue weighted by molar-refractivity contribution is 5.97. The van der Waals surface area contributed by atoms with Crippen LogP contribution >= 0.6 is 0 Å². The predicted octanol–water partition coefficient (Wildman–Crippen LogP) is 2.55. The molecule has 3 fully saturated rings. The Bertz CT molecular complexity index is 1180. The van der Waals surface area contributed by atoms with Gasteiger partial charge in [0.15, 0.2) is 5.69 Å². The third-order valence-electron chi connectivity index (χ3n) is 8.88. The molecule has 0 bridgehead atoms. The van der Waals surface area contributed by atoms with E-state index in [2.05, 4.69) is 15.5 Å². The molecule has 0 spiro atoms. The predicted molar refractivity (Wildman–Crippen MR) is 151 cm³/mol. The van der Waals surface area contributed by atoms with Gasteiger partial charge in [-0.2, -0.15) is 0 Å². The van der Waals surface area contributed by atoms with Crippen LogP contribution in [0.4, 0.5) is 0 Å². The SMILES string of the molecule is Cc1cc(C(=O)N(CC2CCCO2)C2CCN(C(=O)c3cccnc3)[C@@H](C(=O)NCC3CCC(CN)CC3)C2)no1. The van der Waals surface area contributed by atoms with E-state index in [0.29, 0.717) is 68.8 Å². The molecule has 5 rings (SSSR count). The van der Waals surface area contributed by atoms with Crippen molar-refractivity contribution in [2.75, 3.05) is 32.8 Å². The lowest BCUT2D eigenvalue weighted by atomic mass is 9.82. The van der Waals surface area contributed by atoms with Gasteiger partial charge in [-0.3, -0.25) is 19.4 Å². The number of piperidine rings is 1. The van der Waals surface area contributed by atoms with E-state index in [4.69, 9.17) is 15.0 Å². The number of rotatable bonds is 9. The van der Waals surface area contributed by atoms with Gasteiger partial charge in [-0.15, -0.1) is 0 Å². The summed E-state index contributed by atoms with van der Waals surface area (Å²) >= 11 is 0. The van der Waals surface area contributed by atoms with Crippen molar-refractivity contribution in [1.82, 2.24) is 25.3 Å². The van der Waals surface area contributed by atoms with Gasteiger partial charge < -0.3 is 30.1 Å². The summed E-state index contributed by atoms with van der Waals surface area (Å²) in [6.07, 6.45) is 9.99. The largest absolute Gasteiger partial charge is 0.376 e. The number of carbonyl (C=O) groups excluding carboxylic acids is 3. The van der Waals surface area contributed by atoms with Crippen molar-refractivity contribution < 1.29 is 23.6 Å². The highest BCUT2D eigenvalue weighted by Crippen LogP contribution is 2.29. The van der Waals surface area contributed by atoms with Crippen LogP contribution in [0.1, 0.15) is 78.0 Å². The minimum absolute atomic E-state index is 0.0714. The quantitative estimate of drug-likeness (QED) is 0.471. The number of aryl methyl sites for hydroxylation is 1. The third-order valence-corrected chi connectivity index (χ3v) is 8.88. The molecule has 0 radical (unpaired) electrons. The molecule has 1 saturated carbocycles. The van der Waals surface area contributed by atoms with Crippen LogP contribution in [-0.2, 0) is 9.53 Å². The molecule has 1 aliphatic carbocycles. The van der Waals surface area contributed by atoms with E-state index in [1.54, 1.807) is 41.1 Å². The Kier molecular flexibility index (Phi) is 9.66. The number of nitrogens with one attached hydrogen (secondary N) is 1. The summed E-state index contributed by atoms with van der Waals surface area (Å²) in [5, 5.41) is 7.12. The van der Waals surface area contributed by atoms with Crippen LogP contribution in [0.2, 0.25) is 0 Å². The fraction of sp³-hybridized carbons (Fsp3) is 0.633. The van der Waals surface area contributed by atoms with Gasteiger partial charge in [-0.1, -0.05) is 5.16 Å². The van der Waals surface area contributed by atoms with Crippen molar-refractivity contribution in [1.29, 1.82) is 0 Å². The smallest absolute Gasteiger partial charge is 0.276 e. The van der Waals surface area contributed by atoms with Crippen LogP contribution in [0.15, 0.2) is 35.1 Å². The van der Waals surface area contributed by atoms with Gasteiger partial charge in [0.2, 0.25) is 5.91 Å². The second kappa shape index (κ2) is 13.6. The zero-order chi connectivity index (χ0) is 28.8. The summed E-state index contributed by atoms with van der Waals surface area (Å²) in [4.78, 5) is 48.6. The van der Waals surface area contributed by atoms with Crippen molar-refractivity contribution in [3.05, 3.63) is 47.6 Å². The summed E-state index contributed by atoms with van der Waals surface area (Å²) in [7, 11) is 0. The number of nitrogens with two attached hydrogens (primary N) is 1. The lowest BCUT2D eigenvalue weighted by molar-refractivity contribution is -0.127. The second-order valence-electron chi connectivity index (χ2n) is 11.7. The fourth-order valence-electron chi connectivity index (χ4n) is 6.43. The van der Waals surface area contributed by atoms with Crippen molar-refractivity contribution in [3.63, 3.8) is 0 Å². The van der Waals surface area contributed by atoms with Crippen LogP contribution in [0.25, 0.3) is 0 Å². The first-order valence-corrected chi connectivity index (χ1v) is 15.0. The first-order valence-electron chi connectivity index (χ1n) is 15.0. The number of aromatic nitrogens is 2. The Morgan fingerprint density at radius 3 is 2.61 bits per heavy atom. The van der Waals surface area contributed by atoms with Crippen molar-refractivity contribution in [2.45, 2.75) is 76.5 Å². The van der Waals surface area contributed by atoms with Crippen LogP contribution in [0.5, 0.6) is 0 Å². The lowest BCUT2D eigenvalue weighted by Gasteiger charge is -2.43. The maximum atomic E-state index is 13.8. The number of hydrogen-bond donors (Lipinski definition) is 2. The average molecular weight is 567 g/mol. The molecule has 4 heterocycles. The molecule has 3 N–H and O–H groups in total. The Morgan fingerprint density at radius 2 is 1.95 bits per heavy atom. The zero-order valence-corrected chi connectivity index (χ0v) is 23.9. The average Bonchev–Trinajstić information content (AvgIpc) is 3.70. The Morgan fingerprint density at radius 1 is 1.15 bits per heavy atom. The highest BCUT2D eigenvalue weighted by atomic mass is 16.5. The van der Waals surface area contributed by atoms with Gasteiger partial charge in [0.1, 0.15) is 11.8 Å². The van der Waals surface area contributed by atoms with E-state index in [0.717, 1.165) is 38.5 Å². The minimum atomic E-state index is -0.722. The lowest BCUT2D eigenvalue weighted by Crippen LogP contribution is -2.59. The number of hydrogen-bond acceptors (Lipinski definition) is 8. The van der Waals surface area contributed by atoms with Crippen molar-refractivity contribution >= 4 is 17.7 Å². The van der Waals surface area contributed by atoms with E-state index in [9.17, 15) is 14.4 Å². The van der Waals surface area contributed by atoms with Gasteiger partial charge >= 0.3 is 0 Å². The van der Waals surface area contributed by atoms with Gasteiger partial charge in [-0.25, -0.2) is 0 Å². The molecule has 2 aromatic rings. The minimum Gasteiger partial charge on any atom is -0.376 e. The Hall–Kier alpha value is -3.31. The van der Waals surface area contributed by atoms with Gasteiger partial charge in [-0.05, 0) is 88.8 Å². The Labute approximate surface area is 241 Å². The number of likely N-dealkylation sites (tertiary alicyclic amines) is 1. The summed E-state index contributed by atoms with van der Waals surface area (Å²) < 4.78 is 11.1.